The molecular weight excluding hydrogens is 298 g/mol. The predicted octanol–water partition coefficient (Wildman–Crippen LogP) is 2.16. The van der Waals surface area contributed by atoms with Crippen LogP contribution in [0.5, 0.6) is 0 Å². The van der Waals surface area contributed by atoms with Gasteiger partial charge in [-0.1, -0.05) is 25.1 Å². The molecule has 2 rings (SSSR count). The van der Waals surface area contributed by atoms with Gasteiger partial charge in [-0.3, -0.25) is 9.89 Å². The number of nitrogens with zero attached hydrogens (tertiary/aromatic N) is 3. The van der Waals surface area contributed by atoms with Gasteiger partial charge >= 0.3 is 0 Å². The van der Waals surface area contributed by atoms with Gasteiger partial charge in [0, 0.05) is 51.5 Å². The van der Waals surface area contributed by atoms with E-state index in [4.69, 9.17) is 0 Å². The van der Waals surface area contributed by atoms with Crippen LogP contribution in [0.15, 0.2) is 35.3 Å². The van der Waals surface area contributed by atoms with Crippen molar-refractivity contribution in [3.63, 3.8) is 0 Å². The van der Waals surface area contributed by atoms with Crippen LogP contribution in [-0.4, -0.2) is 63.2 Å². The molecule has 2 N–H and O–H groups in total. The monoisotopic (exact) mass is 331 g/mol. The first kappa shape index (κ1) is 18.6. The van der Waals surface area contributed by atoms with E-state index in [9.17, 15) is 0 Å². The molecule has 1 aromatic rings. The van der Waals surface area contributed by atoms with Crippen molar-refractivity contribution in [3.05, 3.63) is 30.3 Å². The lowest BCUT2D eigenvalue weighted by molar-refractivity contribution is 0.255. The second-order valence-electron chi connectivity index (χ2n) is 6.47. The fourth-order valence-corrected chi connectivity index (χ4v) is 2.91. The van der Waals surface area contributed by atoms with Gasteiger partial charge in [0.05, 0.1) is 0 Å². The van der Waals surface area contributed by atoms with E-state index < -0.39 is 0 Å². The molecule has 1 heterocycles. The number of nitrogens with one attached hydrogen (secondary N) is 2. The van der Waals surface area contributed by atoms with E-state index in [0.29, 0.717) is 6.04 Å². The minimum atomic E-state index is 0.460. The van der Waals surface area contributed by atoms with Gasteiger partial charge in [-0.15, -0.1) is 0 Å². The van der Waals surface area contributed by atoms with Gasteiger partial charge in [-0.05, 0) is 38.4 Å². The molecule has 1 aliphatic rings. The fraction of sp³-hybridized carbons (Fsp3) is 0.632. The molecule has 0 bridgehead atoms. The average molecular weight is 332 g/mol. The molecule has 0 radical (unpaired) electrons. The highest BCUT2D eigenvalue weighted by Gasteiger charge is 2.16. The third-order valence-corrected chi connectivity index (χ3v) is 4.66. The predicted molar refractivity (Wildman–Crippen MR) is 104 cm³/mol. The van der Waals surface area contributed by atoms with E-state index in [1.807, 2.05) is 7.05 Å². The summed E-state index contributed by atoms with van der Waals surface area (Å²) in [6.45, 7) is 11.0. The van der Waals surface area contributed by atoms with Crippen molar-refractivity contribution in [1.82, 2.24) is 15.5 Å². The Morgan fingerprint density at radius 1 is 1.17 bits per heavy atom. The molecule has 5 heteroatoms. The average Bonchev–Trinajstić information content (AvgIpc) is 2.65. The number of rotatable bonds is 7. The Balaban J connectivity index is 1.61. The van der Waals surface area contributed by atoms with E-state index in [1.165, 1.54) is 5.69 Å². The molecule has 134 valence electrons. The van der Waals surface area contributed by atoms with Gasteiger partial charge in [0.1, 0.15) is 0 Å². The highest BCUT2D eigenvalue weighted by atomic mass is 15.3. The smallest absolute Gasteiger partial charge is 0.191 e. The van der Waals surface area contributed by atoms with Crippen LogP contribution in [0, 0.1) is 0 Å². The lowest BCUT2D eigenvalue weighted by Gasteiger charge is -2.36. The van der Waals surface area contributed by atoms with Crippen LogP contribution in [0.25, 0.3) is 0 Å². The van der Waals surface area contributed by atoms with Gasteiger partial charge in [0.25, 0.3) is 0 Å². The summed E-state index contributed by atoms with van der Waals surface area (Å²) in [5.74, 6) is 0.915. The topological polar surface area (TPSA) is 42.9 Å². The Hall–Kier alpha value is -1.75. The van der Waals surface area contributed by atoms with Gasteiger partial charge in [-0.25, -0.2) is 0 Å². The van der Waals surface area contributed by atoms with E-state index in [1.54, 1.807) is 0 Å². The maximum absolute atomic E-state index is 4.28. The zero-order chi connectivity index (χ0) is 17.2. The number of para-hydroxylation sites is 1. The first-order valence-corrected chi connectivity index (χ1v) is 9.22. The molecule has 0 spiro atoms. The second kappa shape index (κ2) is 10.2. The van der Waals surface area contributed by atoms with Crippen LogP contribution < -0.4 is 15.5 Å². The van der Waals surface area contributed by atoms with Crippen LogP contribution >= 0.6 is 0 Å². The summed E-state index contributed by atoms with van der Waals surface area (Å²) >= 11 is 0. The summed E-state index contributed by atoms with van der Waals surface area (Å²) in [6.07, 6.45) is 2.25. The van der Waals surface area contributed by atoms with E-state index in [-0.39, 0.29) is 0 Å². The molecule has 1 saturated heterocycles. The number of anilines is 1. The summed E-state index contributed by atoms with van der Waals surface area (Å²) in [5, 5.41) is 6.81. The Morgan fingerprint density at radius 2 is 1.88 bits per heavy atom. The van der Waals surface area contributed by atoms with Crippen molar-refractivity contribution < 1.29 is 0 Å². The molecule has 1 aromatic carbocycles. The quantitative estimate of drug-likeness (QED) is 0.456. The molecule has 0 aromatic heterocycles. The number of aliphatic imine (C=N–C) groups is 1. The minimum Gasteiger partial charge on any atom is -0.369 e. The van der Waals surface area contributed by atoms with Crippen molar-refractivity contribution in [2.45, 2.75) is 32.7 Å². The molecule has 24 heavy (non-hydrogen) atoms. The molecule has 0 saturated carbocycles. The van der Waals surface area contributed by atoms with Gasteiger partial charge in [0.2, 0.25) is 0 Å². The van der Waals surface area contributed by atoms with Crippen LogP contribution in [0.4, 0.5) is 5.69 Å². The van der Waals surface area contributed by atoms with Crippen LogP contribution in [-0.2, 0) is 0 Å². The van der Waals surface area contributed by atoms with Gasteiger partial charge < -0.3 is 15.5 Å². The second-order valence-corrected chi connectivity index (χ2v) is 6.47. The number of benzene rings is 1. The zero-order valence-corrected chi connectivity index (χ0v) is 15.5. The van der Waals surface area contributed by atoms with Gasteiger partial charge in [-0.2, -0.15) is 0 Å². The molecule has 0 aliphatic carbocycles. The SMILES string of the molecule is CCC(C)NC(=NC)NCCCN1CCN(c2ccccc2)CC1. The molecule has 1 aliphatic heterocycles. The molecule has 1 fully saturated rings. The summed E-state index contributed by atoms with van der Waals surface area (Å²) in [4.78, 5) is 9.32. The first-order chi connectivity index (χ1) is 11.7. The summed E-state index contributed by atoms with van der Waals surface area (Å²) in [6, 6.07) is 11.2. The van der Waals surface area contributed by atoms with Crippen molar-refractivity contribution in [3.8, 4) is 0 Å². The van der Waals surface area contributed by atoms with Crippen molar-refractivity contribution in [1.29, 1.82) is 0 Å². The van der Waals surface area contributed by atoms with Crippen LogP contribution in [0.1, 0.15) is 26.7 Å². The largest absolute Gasteiger partial charge is 0.369 e. The van der Waals surface area contributed by atoms with E-state index in [2.05, 4.69) is 69.6 Å². The number of guanidine groups is 1. The van der Waals surface area contributed by atoms with Crippen LogP contribution in [0.2, 0.25) is 0 Å². The summed E-state index contributed by atoms with van der Waals surface area (Å²) < 4.78 is 0. The Kier molecular flexibility index (Phi) is 7.89. The standard InChI is InChI=1S/C19H33N5/c1-4-17(2)22-19(20-3)21-11-8-12-23-13-15-24(16-14-23)18-9-6-5-7-10-18/h5-7,9-10,17H,4,8,11-16H2,1-3H3,(H2,20,21,22). The third-order valence-electron chi connectivity index (χ3n) is 4.66. The van der Waals surface area contributed by atoms with E-state index in [0.717, 1.165) is 58.1 Å². The Bertz CT molecular complexity index is 480. The molecular formula is C19H33N5. The summed E-state index contributed by atoms with van der Waals surface area (Å²) in [5.41, 5.74) is 1.35. The minimum absolute atomic E-state index is 0.460. The first-order valence-electron chi connectivity index (χ1n) is 9.22. The van der Waals surface area contributed by atoms with Crippen molar-refractivity contribution in [2.24, 2.45) is 4.99 Å². The summed E-state index contributed by atoms with van der Waals surface area (Å²) in [7, 11) is 1.83. The van der Waals surface area contributed by atoms with Crippen molar-refractivity contribution in [2.75, 3.05) is 51.2 Å². The number of hydrogen-bond acceptors (Lipinski definition) is 3. The Labute approximate surface area is 147 Å². The lowest BCUT2D eigenvalue weighted by Crippen LogP contribution is -2.47. The Morgan fingerprint density at radius 3 is 2.50 bits per heavy atom. The molecule has 5 nitrogen and oxygen atoms in total. The maximum atomic E-state index is 4.28. The molecule has 1 unspecified atom stereocenters. The molecule has 1 atom stereocenters. The van der Waals surface area contributed by atoms with E-state index >= 15 is 0 Å². The zero-order valence-electron chi connectivity index (χ0n) is 15.5. The van der Waals surface area contributed by atoms with Crippen molar-refractivity contribution >= 4 is 11.6 Å². The highest BCUT2D eigenvalue weighted by Crippen LogP contribution is 2.15. The lowest BCUT2D eigenvalue weighted by atomic mass is 10.2. The number of piperazine rings is 1. The number of hydrogen-bond donors (Lipinski definition) is 2. The van der Waals surface area contributed by atoms with Crippen LogP contribution in [0.3, 0.4) is 0 Å². The maximum Gasteiger partial charge on any atom is 0.191 e. The third kappa shape index (κ3) is 6.04. The highest BCUT2D eigenvalue weighted by molar-refractivity contribution is 5.79. The molecule has 0 amide bonds. The van der Waals surface area contributed by atoms with Gasteiger partial charge in [0.15, 0.2) is 5.96 Å². The fourth-order valence-electron chi connectivity index (χ4n) is 2.91. The normalized spacial score (nSPS) is 17.6.